The summed E-state index contributed by atoms with van der Waals surface area (Å²) in [5.74, 6) is 2.20. The normalized spacial score (nSPS) is 12.7. The van der Waals surface area contributed by atoms with Crippen LogP contribution in [-0.2, 0) is 4.79 Å². The molecule has 1 unspecified atom stereocenters. The molecule has 1 atom stereocenters. The summed E-state index contributed by atoms with van der Waals surface area (Å²) in [5.41, 5.74) is 13.3. The molecular formula is C56H56N9O7PS. The van der Waals surface area contributed by atoms with Crippen molar-refractivity contribution in [3.63, 3.8) is 0 Å². The number of aryl methyl sites for hydroxylation is 1. The summed E-state index contributed by atoms with van der Waals surface area (Å²) in [4.78, 5) is 37.9. The van der Waals surface area contributed by atoms with Crippen LogP contribution in [-0.4, -0.2) is 38.2 Å². The first-order valence-electron chi connectivity index (χ1n) is 22.7. The Hall–Kier alpha value is -9.01. The second-order valence-corrected chi connectivity index (χ2v) is 17.7. The maximum Gasteiger partial charge on any atom is 0.269 e. The molecule has 0 saturated heterocycles. The van der Waals surface area contributed by atoms with Crippen molar-refractivity contribution in [2.24, 2.45) is 9.98 Å². The van der Waals surface area contributed by atoms with E-state index < -0.39 is 9.85 Å². The summed E-state index contributed by atoms with van der Waals surface area (Å²) >= 11 is 5.34. The maximum atomic E-state index is 10.9. The van der Waals surface area contributed by atoms with Crippen LogP contribution in [0.1, 0.15) is 44.4 Å². The van der Waals surface area contributed by atoms with E-state index in [0.717, 1.165) is 50.9 Å². The topological polar surface area (TPSA) is 221 Å². The van der Waals surface area contributed by atoms with Crippen LogP contribution >= 0.6 is 22.1 Å². The van der Waals surface area contributed by atoms with Gasteiger partial charge in [0, 0.05) is 63.8 Å². The number of nitrogens with zero attached hydrogens (tertiary/aromatic N) is 4. The number of nitrogens with two attached hydrogens (primary N) is 1. The van der Waals surface area contributed by atoms with Crippen LogP contribution < -0.4 is 36.5 Å². The smallest absolute Gasteiger partial charge is 0.269 e. The lowest BCUT2D eigenvalue weighted by Gasteiger charge is -2.28. The number of carbonyl (C=O) groups excluding carboxylic acids is 1. The molecule has 9 rings (SSSR count). The number of ether oxygens (including phenoxy) is 2. The molecular weight excluding hydrogens is 974 g/mol. The van der Waals surface area contributed by atoms with E-state index in [9.17, 15) is 25.0 Å². The highest BCUT2D eigenvalue weighted by Crippen LogP contribution is 2.34. The Labute approximate surface area is 438 Å². The minimum Gasteiger partial charge on any atom is -0.483 e. The highest BCUT2D eigenvalue weighted by molar-refractivity contribution is 7.80. The van der Waals surface area contributed by atoms with Gasteiger partial charge in [0.25, 0.3) is 11.4 Å². The molecule has 2 aliphatic rings. The third kappa shape index (κ3) is 18.0. The van der Waals surface area contributed by atoms with Crippen LogP contribution in [0.2, 0.25) is 0 Å². The molecule has 0 aromatic heterocycles. The zero-order valence-corrected chi connectivity index (χ0v) is 43.5. The molecule has 0 spiro atoms. The molecule has 0 aliphatic carbocycles. The summed E-state index contributed by atoms with van der Waals surface area (Å²) in [7, 11) is 0. The van der Waals surface area contributed by atoms with Gasteiger partial charge in [0.05, 0.1) is 21.2 Å². The maximum absolute atomic E-state index is 10.9. The summed E-state index contributed by atoms with van der Waals surface area (Å²) in [6.45, 7) is 10.1. The van der Waals surface area contributed by atoms with Gasteiger partial charge in [-0.1, -0.05) is 66.2 Å². The Balaban J connectivity index is 0.000000203. The van der Waals surface area contributed by atoms with Crippen molar-refractivity contribution in [3.8, 4) is 11.5 Å². The number of anilines is 5. The first kappa shape index (κ1) is 55.9. The summed E-state index contributed by atoms with van der Waals surface area (Å²) < 4.78 is 11.9. The number of rotatable bonds is 8. The summed E-state index contributed by atoms with van der Waals surface area (Å²) in [5, 5.41) is 34.5. The van der Waals surface area contributed by atoms with E-state index >= 15 is 0 Å². The van der Waals surface area contributed by atoms with Crippen molar-refractivity contribution in [2.75, 3.05) is 27.0 Å². The van der Waals surface area contributed by atoms with Gasteiger partial charge in [-0.15, -0.1) is 0 Å². The number of guanidine groups is 1. The number of nitro benzene ring substituents is 2. The van der Waals surface area contributed by atoms with Crippen LogP contribution in [0.4, 0.5) is 51.2 Å². The Kier molecular flexibility index (Phi) is 20.0. The fourth-order valence-electron chi connectivity index (χ4n) is 6.66. The van der Waals surface area contributed by atoms with Gasteiger partial charge in [0.1, 0.15) is 22.7 Å². The van der Waals surface area contributed by atoms with E-state index in [1.807, 2.05) is 156 Å². The molecule has 16 nitrogen and oxygen atoms in total. The van der Waals surface area contributed by atoms with Gasteiger partial charge in [0.15, 0.2) is 5.11 Å². The van der Waals surface area contributed by atoms with Gasteiger partial charge in [-0.3, -0.25) is 20.2 Å². The molecule has 378 valence electrons. The van der Waals surface area contributed by atoms with E-state index in [1.54, 1.807) is 24.3 Å². The third-order valence-corrected chi connectivity index (χ3v) is 10.5. The number of benzene rings is 7. The lowest BCUT2D eigenvalue weighted by molar-refractivity contribution is -0.385. The quantitative estimate of drug-likeness (QED) is 0.0140. The fourth-order valence-corrected chi connectivity index (χ4v) is 6.89. The van der Waals surface area contributed by atoms with Crippen molar-refractivity contribution in [3.05, 3.63) is 219 Å². The molecule has 74 heavy (non-hydrogen) atoms. The Morgan fingerprint density at radius 1 is 0.581 bits per heavy atom. The fraction of sp³-hybridized carbons (Fsp3) is 0.125. The Morgan fingerprint density at radius 2 is 1.00 bits per heavy atom. The number of fused-ring (bicyclic) bond motifs is 2. The largest absolute Gasteiger partial charge is 0.483 e. The van der Waals surface area contributed by atoms with Gasteiger partial charge in [-0.2, -0.15) is 14.9 Å². The standard InChI is InChI=1S/C24H22N4O3.C18H18N2OS.C8H7NO.C6H6N2O2.H3P/c1-24(2)15-14-17-16-20(10-13-22(17)31-24)27-23(25-18-6-4-3-5-7-18)26-19-8-11-21(12-9-19)28(29)30;1-18(2)11-10-13-12-15(8-9-16(13)21-18)20-17(22)19-14-6-4-3-5-7-14;1-7-2-4-8(5-3-7)9-6-10;7-5-1-3-6(4-2-5)8(9)10;/h3-16H,1-2H3,(H2,25,26,27);3-12H,1-2H3,(H2,19,20,22);2-5H,1H3;1-4H,7H2;1H3. The highest BCUT2D eigenvalue weighted by Gasteiger charge is 2.23. The van der Waals surface area contributed by atoms with Gasteiger partial charge in [-0.25, -0.2) is 9.79 Å². The average molecular weight is 1030 g/mol. The van der Waals surface area contributed by atoms with Gasteiger partial charge < -0.3 is 36.5 Å². The van der Waals surface area contributed by atoms with Crippen molar-refractivity contribution in [1.29, 1.82) is 0 Å². The molecule has 0 radical (unpaired) electrons. The van der Waals surface area contributed by atoms with Crippen LogP contribution in [0.25, 0.3) is 12.2 Å². The van der Waals surface area contributed by atoms with Crippen molar-refractivity contribution < 1.29 is 24.1 Å². The lowest BCUT2D eigenvalue weighted by Crippen LogP contribution is -2.27. The number of para-hydroxylation sites is 2. The second kappa shape index (κ2) is 26.4. The number of aliphatic imine (C=N–C) groups is 2. The van der Waals surface area contributed by atoms with Crippen molar-refractivity contribution in [1.82, 2.24) is 0 Å². The Morgan fingerprint density at radius 3 is 1.47 bits per heavy atom. The van der Waals surface area contributed by atoms with Gasteiger partial charge in [-0.05, 0) is 156 Å². The predicted molar refractivity (Wildman–Crippen MR) is 308 cm³/mol. The molecule has 2 heterocycles. The van der Waals surface area contributed by atoms with Gasteiger partial charge in [0.2, 0.25) is 12.0 Å². The number of hydrogen-bond acceptors (Lipinski definition) is 11. The first-order chi connectivity index (χ1) is 34.9. The number of hydrogen-bond donors (Lipinski definition) is 5. The number of nitrogen functional groups attached to an aromatic ring is 1. The second-order valence-electron chi connectivity index (χ2n) is 17.3. The predicted octanol–water partition coefficient (Wildman–Crippen LogP) is 13.9. The minimum atomic E-state index is -0.459. The minimum absolute atomic E-state index is 0. The number of nitrogens with one attached hydrogen (secondary N) is 4. The number of thiocarbonyl (C=S) groups is 1. The van der Waals surface area contributed by atoms with Crippen molar-refractivity contribution >= 4 is 103 Å². The van der Waals surface area contributed by atoms with Gasteiger partial charge >= 0.3 is 0 Å². The molecule has 0 amide bonds. The van der Waals surface area contributed by atoms with E-state index in [2.05, 4.69) is 43.4 Å². The van der Waals surface area contributed by atoms with E-state index in [0.29, 0.717) is 28.1 Å². The van der Waals surface area contributed by atoms with Crippen molar-refractivity contribution in [2.45, 2.75) is 45.8 Å². The number of isocyanates is 1. The Bertz CT molecular complexity index is 3120. The molecule has 7 aromatic carbocycles. The summed E-state index contributed by atoms with van der Waals surface area (Å²) in [6, 6.07) is 50.5. The molecule has 7 aromatic rings. The van der Waals surface area contributed by atoms with Crippen LogP contribution in [0, 0.1) is 27.2 Å². The molecule has 0 bridgehead atoms. The van der Waals surface area contributed by atoms with Crippen LogP contribution in [0.5, 0.6) is 11.5 Å². The highest BCUT2D eigenvalue weighted by atomic mass is 32.1. The van der Waals surface area contributed by atoms with Crippen LogP contribution in [0.3, 0.4) is 0 Å². The van der Waals surface area contributed by atoms with E-state index in [4.69, 9.17) is 27.4 Å². The average Bonchev–Trinajstić information content (AvgIpc) is 3.36. The monoisotopic (exact) mass is 1030 g/mol. The third-order valence-electron chi connectivity index (χ3n) is 10.3. The SMILES string of the molecule is CC1(C)C=Cc2cc(NC(=Nc3ccc([N+](=O)[O-])cc3)Nc3ccccc3)ccc2O1.CC1(C)C=Cc2cc(NC(=S)Nc3ccccc3)ccc2O1.Cc1ccc(N=C=O)cc1.Nc1ccc([N+](=O)[O-])cc1.P. The molecule has 18 heteroatoms. The molecule has 0 saturated carbocycles. The summed E-state index contributed by atoms with van der Waals surface area (Å²) in [6.07, 6.45) is 9.68. The molecule has 2 aliphatic heterocycles. The first-order valence-corrected chi connectivity index (χ1v) is 23.1. The molecule has 6 N–H and O–H groups in total. The van der Waals surface area contributed by atoms with E-state index in [1.165, 1.54) is 42.5 Å². The number of nitro groups is 2. The molecule has 0 fully saturated rings. The number of non-ortho nitro benzene ring substituents is 2. The van der Waals surface area contributed by atoms with E-state index in [-0.39, 0.29) is 32.5 Å². The zero-order valence-electron chi connectivity index (χ0n) is 41.3. The van der Waals surface area contributed by atoms with Crippen LogP contribution in [0.15, 0.2) is 192 Å². The lowest BCUT2D eigenvalue weighted by atomic mass is 10.0. The zero-order chi connectivity index (χ0) is 52.4.